The van der Waals surface area contributed by atoms with E-state index in [0.29, 0.717) is 5.92 Å². The molecule has 1 heterocycles. The van der Waals surface area contributed by atoms with E-state index < -0.39 is 14.0 Å². The van der Waals surface area contributed by atoms with Gasteiger partial charge < -0.3 is 18.6 Å². The highest BCUT2D eigenvalue weighted by Crippen LogP contribution is 2.37. The summed E-state index contributed by atoms with van der Waals surface area (Å²) in [5.41, 5.74) is -0.727. The lowest BCUT2D eigenvalue weighted by Crippen LogP contribution is -2.46. The summed E-state index contributed by atoms with van der Waals surface area (Å²) >= 11 is 0. The molecule has 0 spiro atoms. The van der Waals surface area contributed by atoms with Crippen LogP contribution in [0.3, 0.4) is 0 Å². The van der Waals surface area contributed by atoms with Crippen molar-refractivity contribution in [1.29, 1.82) is 0 Å². The van der Waals surface area contributed by atoms with Crippen molar-refractivity contribution >= 4 is 14.0 Å². The maximum atomic E-state index is 5.96. The molecule has 4 nitrogen and oxygen atoms in total. The summed E-state index contributed by atoms with van der Waals surface area (Å²) in [6.07, 6.45) is 1.18. The molecule has 1 aliphatic rings. The van der Waals surface area contributed by atoms with Crippen LogP contribution in [-0.4, -0.2) is 38.4 Å². The van der Waals surface area contributed by atoms with E-state index in [1.165, 1.54) is 0 Å². The van der Waals surface area contributed by atoms with E-state index in [1.807, 2.05) is 27.7 Å². The maximum absolute atomic E-state index is 5.96. The standard InChI is InChI=1S/C13H28B2O4/c1-9-10(2)11(3)17-14(16-8)15-18-12(4,5)13(6,7)19-15/h10-11H,9H2,1-8H3. The van der Waals surface area contributed by atoms with Crippen LogP contribution < -0.4 is 0 Å². The van der Waals surface area contributed by atoms with E-state index in [0.717, 1.165) is 6.42 Å². The fourth-order valence-electron chi connectivity index (χ4n) is 1.91. The highest BCUT2D eigenvalue weighted by atomic mass is 16.7. The van der Waals surface area contributed by atoms with Crippen molar-refractivity contribution in [2.75, 3.05) is 7.11 Å². The van der Waals surface area contributed by atoms with Crippen molar-refractivity contribution in [3.05, 3.63) is 0 Å². The molecule has 0 aromatic heterocycles. The van der Waals surface area contributed by atoms with E-state index in [-0.39, 0.29) is 17.3 Å². The molecule has 19 heavy (non-hydrogen) atoms. The van der Waals surface area contributed by atoms with Crippen LogP contribution in [0.4, 0.5) is 0 Å². The van der Waals surface area contributed by atoms with Crippen LogP contribution in [0.25, 0.3) is 0 Å². The summed E-state index contributed by atoms with van der Waals surface area (Å²) in [6, 6.07) is 0. The Hall–Kier alpha value is -0.0301. The van der Waals surface area contributed by atoms with Gasteiger partial charge in [-0.2, -0.15) is 0 Å². The van der Waals surface area contributed by atoms with Crippen LogP contribution in [0.5, 0.6) is 0 Å². The fourth-order valence-corrected chi connectivity index (χ4v) is 1.91. The summed E-state index contributed by atoms with van der Waals surface area (Å²) < 4.78 is 23.3. The molecule has 1 rings (SSSR count). The molecule has 0 radical (unpaired) electrons. The van der Waals surface area contributed by atoms with Gasteiger partial charge in [0.05, 0.1) is 11.2 Å². The lowest BCUT2D eigenvalue weighted by Gasteiger charge is -2.32. The quantitative estimate of drug-likeness (QED) is 0.695. The minimum atomic E-state index is -0.495. The van der Waals surface area contributed by atoms with Crippen molar-refractivity contribution in [2.24, 2.45) is 5.92 Å². The monoisotopic (exact) mass is 270 g/mol. The molecule has 2 atom stereocenters. The van der Waals surface area contributed by atoms with Crippen molar-refractivity contribution in [1.82, 2.24) is 0 Å². The van der Waals surface area contributed by atoms with Gasteiger partial charge >= 0.3 is 14.0 Å². The van der Waals surface area contributed by atoms with Gasteiger partial charge in [-0.1, -0.05) is 20.3 Å². The Bertz CT molecular complexity index is 280. The van der Waals surface area contributed by atoms with Gasteiger partial charge in [-0.25, -0.2) is 0 Å². The summed E-state index contributed by atoms with van der Waals surface area (Å²) in [4.78, 5) is 0. The fraction of sp³-hybridized carbons (Fsp3) is 1.00. The maximum Gasteiger partial charge on any atom is 0.488 e. The third kappa shape index (κ3) is 3.75. The van der Waals surface area contributed by atoms with Gasteiger partial charge in [0.1, 0.15) is 0 Å². The van der Waals surface area contributed by atoms with Gasteiger partial charge in [0.2, 0.25) is 0 Å². The molecular formula is C13H28B2O4. The van der Waals surface area contributed by atoms with Crippen LogP contribution in [0, 0.1) is 5.92 Å². The second kappa shape index (κ2) is 6.17. The largest absolute Gasteiger partial charge is 0.488 e. The lowest BCUT2D eigenvalue weighted by molar-refractivity contribution is 0.00578. The zero-order valence-corrected chi connectivity index (χ0v) is 13.6. The van der Waals surface area contributed by atoms with Crippen molar-refractivity contribution in [3.63, 3.8) is 0 Å². The Morgan fingerprint density at radius 3 is 1.95 bits per heavy atom. The molecule has 0 amide bonds. The number of hydrogen-bond acceptors (Lipinski definition) is 4. The molecule has 0 bridgehead atoms. The summed E-state index contributed by atoms with van der Waals surface area (Å²) in [5, 5.41) is 0. The Labute approximate surface area is 118 Å². The minimum Gasteiger partial charge on any atom is -0.416 e. The average molecular weight is 270 g/mol. The first-order valence-corrected chi connectivity index (χ1v) is 7.18. The topological polar surface area (TPSA) is 36.9 Å². The molecule has 110 valence electrons. The van der Waals surface area contributed by atoms with Crippen LogP contribution in [0.2, 0.25) is 0 Å². The van der Waals surface area contributed by atoms with Gasteiger partial charge in [0.25, 0.3) is 0 Å². The third-order valence-corrected chi connectivity index (χ3v) is 4.52. The third-order valence-electron chi connectivity index (χ3n) is 4.52. The van der Waals surface area contributed by atoms with Gasteiger partial charge in [-0.05, 0) is 40.5 Å². The molecule has 0 aromatic rings. The molecule has 0 N–H and O–H groups in total. The first kappa shape index (κ1) is 17.0. The molecule has 1 fully saturated rings. The average Bonchev–Trinajstić information content (AvgIpc) is 2.53. The number of hydrogen-bond donors (Lipinski definition) is 0. The Balaban J connectivity index is 2.68. The number of rotatable bonds is 6. The van der Waals surface area contributed by atoms with E-state index in [4.69, 9.17) is 18.6 Å². The van der Waals surface area contributed by atoms with Crippen molar-refractivity contribution in [2.45, 2.75) is 72.2 Å². The Morgan fingerprint density at radius 2 is 1.58 bits per heavy atom. The van der Waals surface area contributed by atoms with Crippen molar-refractivity contribution in [3.8, 4) is 0 Å². The predicted molar refractivity (Wildman–Crippen MR) is 78.8 cm³/mol. The highest BCUT2D eigenvalue weighted by Gasteiger charge is 2.57. The van der Waals surface area contributed by atoms with Crippen LogP contribution in [0.1, 0.15) is 54.9 Å². The smallest absolute Gasteiger partial charge is 0.416 e. The van der Waals surface area contributed by atoms with E-state index in [2.05, 4.69) is 20.8 Å². The first-order valence-electron chi connectivity index (χ1n) is 7.18. The van der Waals surface area contributed by atoms with Crippen molar-refractivity contribution < 1.29 is 18.6 Å². The molecule has 1 aliphatic heterocycles. The molecule has 0 saturated carbocycles. The van der Waals surface area contributed by atoms with E-state index in [1.54, 1.807) is 7.11 Å². The second-order valence-electron chi connectivity index (χ2n) is 6.46. The van der Waals surface area contributed by atoms with Gasteiger partial charge in [-0.3, -0.25) is 0 Å². The molecular weight excluding hydrogens is 242 g/mol. The van der Waals surface area contributed by atoms with E-state index in [9.17, 15) is 0 Å². The van der Waals surface area contributed by atoms with Gasteiger partial charge in [-0.15, -0.1) is 0 Å². The lowest BCUT2D eigenvalue weighted by atomic mass is 9.48. The van der Waals surface area contributed by atoms with Crippen LogP contribution >= 0.6 is 0 Å². The summed E-state index contributed by atoms with van der Waals surface area (Å²) in [5.74, 6) is 0.472. The summed E-state index contributed by atoms with van der Waals surface area (Å²) in [7, 11) is 0.644. The zero-order valence-electron chi connectivity index (χ0n) is 13.6. The molecule has 0 aliphatic carbocycles. The molecule has 6 heteroatoms. The van der Waals surface area contributed by atoms with Gasteiger partial charge in [0, 0.05) is 13.2 Å². The van der Waals surface area contributed by atoms with E-state index >= 15 is 0 Å². The van der Waals surface area contributed by atoms with Gasteiger partial charge in [0.15, 0.2) is 0 Å². The Morgan fingerprint density at radius 1 is 1.11 bits per heavy atom. The Kier molecular flexibility index (Phi) is 5.52. The molecule has 0 aromatic carbocycles. The second-order valence-corrected chi connectivity index (χ2v) is 6.46. The normalized spacial score (nSPS) is 24.3. The zero-order chi connectivity index (χ0) is 14.8. The summed E-state index contributed by atoms with van der Waals surface area (Å²) in [6.45, 7) is 14.5. The highest BCUT2D eigenvalue weighted by molar-refractivity contribution is 7.10. The minimum absolute atomic E-state index is 0.106. The van der Waals surface area contributed by atoms with Crippen LogP contribution in [-0.2, 0) is 18.6 Å². The van der Waals surface area contributed by atoms with Crippen LogP contribution in [0.15, 0.2) is 0 Å². The predicted octanol–water partition coefficient (Wildman–Crippen LogP) is 2.74. The molecule has 2 unspecified atom stereocenters. The first-order chi connectivity index (χ1) is 8.64. The molecule has 1 saturated heterocycles. The SMILES string of the molecule is CCC(C)C(C)OB(OC)B1OC(C)(C)C(C)(C)O1.